The van der Waals surface area contributed by atoms with E-state index in [0.717, 1.165) is 36.4 Å². The molecule has 6 nitrogen and oxygen atoms in total. The van der Waals surface area contributed by atoms with E-state index >= 15 is 0 Å². The van der Waals surface area contributed by atoms with Crippen LogP contribution in [0.15, 0.2) is 35.3 Å². The van der Waals surface area contributed by atoms with Gasteiger partial charge in [0.05, 0.1) is 19.2 Å². The summed E-state index contributed by atoms with van der Waals surface area (Å²) in [5.74, 6) is 0.757. The zero-order chi connectivity index (χ0) is 21.8. The number of likely N-dealkylation sites (tertiary alicyclic amines) is 1. The average molecular weight is 416 g/mol. The number of para-hydroxylation sites is 1. The molecule has 166 valence electrons. The van der Waals surface area contributed by atoms with Gasteiger partial charge in [-0.15, -0.1) is 0 Å². The molecular formula is C24H37N3O3. The molecule has 0 spiro atoms. The SMILES string of the molecule is C/C=C/C=N\c1c(C)cccc1OC1CN(C(=O)NCC(CC)OCCCCC)C1. The molecule has 30 heavy (non-hydrogen) atoms. The molecule has 0 saturated carbocycles. The average Bonchev–Trinajstić information content (AvgIpc) is 2.71. The molecule has 0 radical (unpaired) electrons. The Hall–Kier alpha value is -2.34. The van der Waals surface area contributed by atoms with Crippen LogP contribution in [0, 0.1) is 6.92 Å². The second-order valence-electron chi connectivity index (χ2n) is 7.66. The third-order valence-electron chi connectivity index (χ3n) is 5.15. The first kappa shape index (κ1) is 23.9. The predicted octanol–water partition coefficient (Wildman–Crippen LogP) is 5.03. The molecule has 2 rings (SSSR count). The van der Waals surface area contributed by atoms with Crippen molar-refractivity contribution in [2.75, 3.05) is 26.2 Å². The van der Waals surface area contributed by atoms with Crippen LogP contribution in [-0.4, -0.2) is 55.6 Å². The Balaban J connectivity index is 1.77. The fourth-order valence-corrected chi connectivity index (χ4v) is 3.19. The molecule has 1 atom stereocenters. The zero-order valence-corrected chi connectivity index (χ0v) is 18.9. The van der Waals surface area contributed by atoms with Crippen LogP contribution < -0.4 is 10.1 Å². The van der Waals surface area contributed by atoms with Crippen LogP contribution in [0.25, 0.3) is 0 Å². The normalized spacial score (nSPS) is 15.5. The van der Waals surface area contributed by atoms with Gasteiger partial charge >= 0.3 is 6.03 Å². The van der Waals surface area contributed by atoms with E-state index in [4.69, 9.17) is 9.47 Å². The summed E-state index contributed by atoms with van der Waals surface area (Å²) in [6.45, 7) is 10.7. The highest BCUT2D eigenvalue weighted by atomic mass is 16.5. The van der Waals surface area contributed by atoms with Crippen molar-refractivity contribution in [3.8, 4) is 5.75 Å². The van der Waals surface area contributed by atoms with Crippen LogP contribution in [0.2, 0.25) is 0 Å². The minimum Gasteiger partial charge on any atom is -0.484 e. The molecule has 6 heteroatoms. The number of amides is 2. The third kappa shape index (κ3) is 7.48. The maximum Gasteiger partial charge on any atom is 0.317 e. The number of aliphatic imine (C=N–C) groups is 1. The van der Waals surface area contributed by atoms with Crippen molar-refractivity contribution in [2.45, 2.75) is 65.6 Å². The quantitative estimate of drug-likeness (QED) is 0.385. The summed E-state index contributed by atoms with van der Waals surface area (Å²) in [4.78, 5) is 18.7. The molecule has 0 aliphatic carbocycles. The van der Waals surface area contributed by atoms with Crippen LogP contribution in [0.1, 0.15) is 52.0 Å². The number of unbranched alkanes of at least 4 members (excludes halogenated alkanes) is 2. The monoisotopic (exact) mass is 415 g/mol. The van der Waals surface area contributed by atoms with Crippen LogP contribution in [0.4, 0.5) is 10.5 Å². The molecule has 1 fully saturated rings. The first-order valence-electron chi connectivity index (χ1n) is 11.1. The number of benzene rings is 1. The van der Waals surface area contributed by atoms with Gasteiger partial charge in [-0.2, -0.15) is 0 Å². The lowest BCUT2D eigenvalue weighted by Crippen LogP contribution is -2.59. The van der Waals surface area contributed by atoms with Gasteiger partial charge in [-0.05, 0) is 44.4 Å². The van der Waals surface area contributed by atoms with Crippen molar-refractivity contribution < 1.29 is 14.3 Å². The Labute approximate surface area is 181 Å². The topological polar surface area (TPSA) is 63.2 Å². The Kier molecular flexibility index (Phi) is 10.4. The lowest BCUT2D eigenvalue weighted by molar-refractivity contribution is 0.0343. The van der Waals surface area contributed by atoms with Gasteiger partial charge in [0.1, 0.15) is 17.5 Å². The molecule has 1 aromatic rings. The molecule has 1 unspecified atom stereocenters. The number of aryl methyl sites for hydroxylation is 1. The van der Waals surface area contributed by atoms with Gasteiger partial charge in [0.15, 0.2) is 0 Å². The van der Waals surface area contributed by atoms with Gasteiger partial charge in [-0.1, -0.05) is 44.9 Å². The van der Waals surface area contributed by atoms with E-state index in [0.29, 0.717) is 19.6 Å². The zero-order valence-electron chi connectivity index (χ0n) is 18.9. The van der Waals surface area contributed by atoms with Gasteiger partial charge in [-0.25, -0.2) is 4.79 Å². The van der Waals surface area contributed by atoms with Gasteiger partial charge in [0, 0.05) is 19.4 Å². The highest BCUT2D eigenvalue weighted by Gasteiger charge is 2.33. The van der Waals surface area contributed by atoms with Gasteiger partial charge < -0.3 is 19.7 Å². The molecule has 1 aliphatic rings. The minimum absolute atomic E-state index is 0.0134. The van der Waals surface area contributed by atoms with E-state index in [2.05, 4.69) is 24.2 Å². The number of carbonyl (C=O) groups is 1. The first-order chi connectivity index (χ1) is 14.6. The number of rotatable bonds is 12. The molecule has 2 amide bonds. The summed E-state index contributed by atoms with van der Waals surface area (Å²) in [6, 6.07) is 5.86. The maximum atomic E-state index is 12.4. The van der Waals surface area contributed by atoms with E-state index in [1.54, 1.807) is 11.1 Å². The summed E-state index contributed by atoms with van der Waals surface area (Å²) in [6.07, 6.45) is 9.98. The second kappa shape index (κ2) is 13.1. The molecule has 1 aliphatic heterocycles. The lowest BCUT2D eigenvalue weighted by Gasteiger charge is -2.39. The Morgan fingerprint density at radius 3 is 2.83 bits per heavy atom. The number of hydrogen-bond donors (Lipinski definition) is 1. The fourth-order valence-electron chi connectivity index (χ4n) is 3.19. The predicted molar refractivity (Wildman–Crippen MR) is 123 cm³/mol. The van der Waals surface area contributed by atoms with E-state index in [9.17, 15) is 4.79 Å². The molecule has 1 N–H and O–H groups in total. The van der Waals surface area contributed by atoms with E-state index in [1.807, 2.05) is 44.2 Å². The van der Waals surface area contributed by atoms with Crippen molar-refractivity contribution in [3.63, 3.8) is 0 Å². The minimum atomic E-state index is -0.0546. The number of nitrogens with zero attached hydrogens (tertiary/aromatic N) is 2. The van der Waals surface area contributed by atoms with E-state index in [-0.39, 0.29) is 18.2 Å². The lowest BCUT2D eigenvalue weighted by atomic mass is 10.1. The highest BCUT2D eigenvalue weighted by Crippen LogP contribution is 2.32. The van der Waals surface area contributed by atoms with Gasteiger partial charge in [0.25, 0.3) is 0 Å². The number of nitrogens with one attached hydrogen (secondary N) is 1. The summed E-state index contributed by atoms with van der Waals surface area (Å²) >= 11 is 0. The van der Waals surface area contributed by atoms with Crippen molar-refractivity contribution in [3.05, 3.63) is 35.9 Å². The van der Waals surface area contributed by atoms with E-state index < -0.39 is 0 Å². The summed E-state index contributed by atoms with van der Waals surface area (Å²) in [5, 5.41) is 2.99. The van der Waals surface area contributed by atoms with Crippen LogP contribution in [-0.2, 0) is 4.74 Å². The molecule has 0 aromatic heterocycles. The van der Waals surface area contributed by atoms with Gasteiger partial charge in [-0.3, -0.25) is 4.99 Å². The Morgan fingerprint density at radius 2 is 2.13 bits per heavy atom. The number of carbonyl (C=O) groups excluding carboxylic acids is 1. The second-order valence-corrected chi connectivity index (χ2v) is 7.66. The van der Waals surface area contributed by atoms with Crippen molar-refractivity contribution >= 4 is 17.9 Å². The summed E-state index contributed by atoms with van der Waals surface area (Å²) in [5.41, 5.74) is 1.90. The van der Waals surface area contributed by atoms with Crippen LogP contribution in [0.3, 0.4) is 0 Å². The Bertz CT molecular complexity index is 712. The van der Waals surface area contributed by atoms with Crippen molar-refractivity contribution in [2.24, 2.45) is 4.99 Å². The standard InChI is InChI=1S/C24H37N3O3/c1-5-8-10-15-29-20(7-3)16-26-24(28)27-17-21(18-27)30-22-13-11-12-19(4)23(22)25-14-9-6-2/h6,9,11-14,20-21H,5,7-8,10,15-18H2,1-4H3,(H,26,28)/b9-6+,25-14-. The summed E-state index contributed by atoms with van der Waals surface area (Å²) < 4.78 is 12.0. The molecular weight excluding hydrogens is 378 g/mol. The smallest absolute Gasteiger partial charge is 0.317 e. The first-order valence-corrected chi connectivity index (χ1v) is 11.1. The number of urea groups is 1. The molecule has 1 saturated heterocycles. The maximum absolute atomic E-state index is 12.4. The highest BCUT2D eigenvalue weighted by molar-refractivity contribution is 5.77. The van der Waals surface area contributed by atoms with Crippen molar-refractivity contribution in [1.82, 2.24) is 10.2 Å². The third-order valence-corrected chi connectivity index (χ3v) is 5.15. The van der Waals surface area contributed by atoms with Gasteiger partial charge in [0.2, 0.25) is 0 Å². The number of allylic oxidation sites excluding steroid dienone is 2. The largest absolute Gasteiger partial charge is 0.484 e. The molecule has 0 bridgehead atoms. The Morgan fingerprint density at radius 1 is 1.33 bits per heavy atom. The number of hydrogen-bond acceptors (Lipinski definition) is 4. The molecule has 1 heterocycles. The molecule has 1 aromatic carbocycles. The van der Waals surface area contributed by atoms with Crippen LogP contribution in [0.5, 0.6) is 5.75 Å². The van der Waals surface area contributed by atoms with Crippen molar-refractivity contribution in [1.29, 1.82) is 0 Å². The fraction of sp³-hybridized carbons (Fsp3) is 0.583. The van der Waals surface area contributed by atoms with Crippen LogP contribution >= 0.6 is 0 Å². The summed E-state index contributed by atoms with van der Waals surface area (Å²) in [7, 11) is 0. The van der Waals surface area contributed by atoms with E-state index in [1.165, 1.54) is 12.8 Å². The number of ether oxygens (including phenoxy) is 2.